The summed E-state index contributed by atoms with van der Waals surface area (Å²) >= 11 is 1.49. The molecular weight excluding hydrogens is 172 g/mol. The lowest BCUT2D eigenvalue weighted by Crippen LogP contribution is -2.43. The number of anilines is 1. The van der Waals surface area contributed by atoms with Gasteiger partial charge in [-0.25, -0.2) is 0 Å². The molecule has 4 nitrogen and oxygen atoms in total. The number of nitrogens with one attached hydrogen (secondary N) is 1. The molecule has 0 bridgehead atoms. The quantitative estimate of drug-likeness (QED) is 0.679. The number of aryl methyl sites for hydroxylation is 1. The van der Waals surface area contributed by atoms with Crippen LogP contribution >= 0.6 is 11.5 Å². The fourth-order valence-corrected chi connectivity index (χ4v) is 2.10. The summed E-state index contributed by atoms with van der Waals surface area (Å²) in [5, 5.41) is 8.55. The van der Waals surface area contributed by atoms with E-state index in [9.17, 15) is 0 Å². The molecule has 0 amide bonds. The van der Waals surface area contributed by atoms with Crippen LogP contribution in [0.5, 0.6) is 0 Å². The van der Waals surface area contributed by atoms with Gasteiger partial charge in [0, 0.05) is 37.7 Å². The van der Waals surface area contributed by atoms with Crippen LogP contribution in [-0.2, 0) is 0 Å². The van der Waals surface area contributed by atoms with Gasteiger partial charge in [0.05, 0.1) is 5.69 Å². The normalized spacial score (nSPS) is 18.2. The van der Waals surface area contributed by atoms with Crippen molar-refractivity contribution in [2.24, 2.45) is 0 Å². The van der Waals surface area contributed by atoms with Gasteiger partial charge in [-0.2, -0.15) is 0 Å². The second-order valence-corrected chi connectivity index (χ2v) is 3.63. The fraction of sp³-hybridized carbons (Fsp3) is 0.714. The summed E-state index contributed by atoms with van der Waals surface area (Å²) in [5.74, 6) is 0. The Morgan fingerprint density at radius 3 is 2.75 bits per heavy atom. The molecule has 0 atom stereocenters. The Balaban J connectivity index is 2.13. The fourth-order valence-electron chi connectivity index (χ4n) is 1.38. The molecule has 0 aliphatic carbocycles. The summed E-state index contributed by atoms with van der Waals surface area (Å²) in [7, 11) is 0. The van der Waals surface area contributed by atoms with Crippen molar-refractivity contribution in [1.29, 1.82) is 0 Å². The van der Waals surface area contributed by atoms with Gasteiger partial charge in [-0.3, -0.25) is 0 Å². The van der Waals surface area contributed by atoms with Crippen molar-refractivity contribution in [3.63, 3.8) is 0 Å². The van der Waals surface area contributed by atoms with Crippen molar-refractivity contribution in [1.82, 2.24) is 14.9 Å². The topological polar surface area (TPSA) is 41.1 Å². The maximum absolute atomic E-state index is 4.00. The van der Waals surface area contributed by atoms with Crippen molar-refractivity contribution in [2.45, 2.75) is 6.92 Å². The Bertz CT molecular complexity index is 254. The van der Waals surface area contributed by atoms with Crippen LogP contribution in [0.15, 0.2) is 0 Å². The van der Waals surface area contributed by atoms with Crippen LogP contribution in [0.4, 0.5) is 5.00 Å². The molecule has 0 spiro atoms. The van der Waals surface area contributed by atoms with Gasteiger partial charge in [0.25, 0.3) is 0 Å². The average Bonchev–Trinajstić information content (AvgIpc) is 2.53. The first-order valence-corrected chi connectivity index (χ1v) is 4.90. The first kappa shape index (κ1) is 7.94. The van der Waals surface area contributed by atoms with E-state index in [0.29, 0.717) is 0 Å². The van der Waals surface area contributed by atoms with Crippen LogP contribution < -0.4 is 10.2 Å². The molecule has 1 aromatic rings. The zero-order valence-electron chi connectivity index (χ0n) is 7.08. The molecule has 0 aromatic carbocycles. The molecule has 12 heavy (non-hydrogen) atoms. The number of hydrogen-bond acceptors (Lipinski definition) is 5. The lowest BCUT2D eigenvalue weighted by molar-refractivity contribution is 0.591. The third kappa shape index (κ3) is 1.42. The Morgan fingerprint density at radius 2 is 2.17 bits per heavy atom. The minimum absolute atomic E-state index is 1.06. The first-order valence-electron chi connectivity index (χ1n) is 4.12. The number of nitrogens with zero attached hydrogens (tertiary/aromatic N) is 3. The highest BCUT2D eigenvalue weighted by Gasteiger charge is 2.14. The zero-order chi connectivity index (χ0) is 8.39. The minimum atomic E-state index is 1.06. The van der Waals surface area contributed by atoms with Crippen LogP contribution in [0.25, 0.3) is 0 Å². The summed E-state index contributed by atoms with van der Waals surface area (Å²) in [6.07, 6.45) is 0. The molecule has 5 heteroatoms. The van der Waals surface area contributed by atoms with E-state index in [2.05, 4.69) is 19.8 Å². The Kier molecular flexibility index (Phi) is 2.23. The molecule has 1 aromatic heterocycles. The SMILES string of the molecule is Cc1nnsc1N1CCNCC1. The molecule has 1 N–H and O–H groups in total. The van der Waals surface area contributed by atoms with E-state index in [0.717, 1.165) is 31.9 Å². The molecule has 2 rings (SSSR count). The Morgan fingerprint density at radius 1 is 1.42 bits per heavy atom. The molecule has 0 saturated carbocycles. The van der Waals surface area contributed by atoms with Gasteiger partial charge in [-0.05, 0) is 6.92 Å². The zero-order valence-corrected chi connectivity index (χ0v) is 7.89. The predicted molar refractivity (Wildman–Crippen MR) is 49.7 cm³/mol. The van der Waals surface area contributed by atoms with Crippen molar-refractivity contribution in [2.75, 3.05) is 31.1 Å². The molecule has 1 fully saturated rings. The van der Waals surface area contributed by atoms with E-state index < -0.39 is 0 Å². The Labute approximate surface area is 75.7 Å². The molecule has 2 heterocycles. The van der Waals surface area contributed by atoms with Crippen molar-refractivity contribution in [3.05, 3.63) is 5.69 Å². The van der Waals surface area contributed by atoms with Gasteiger partial charge >= 0.3 is 0 Å². The summed E-state index contributed by atoms with van der Waals surface area (Å²) in [6, 6.07) is 0. The molecule has 66 valence electrons. The first-order chi connectivity index (χ1) is 5.88. The summed E-state index contributed by atoms with van der Waals surface area (Å²) < 4.78 is 3.93. The molecule has 1 aliphatic rings. The van der Waals surface area contributed by atoms with Gasteiger partial charge in [-0.15, -0.1) is 5.10 Å². The molecule has 0 radical (unpaired) electrons. The lowest BCUT2D eigenvalue weighted by Gasteiger charge is -2.27. The number of rotatable bonds is 1. The van der Waals surface area contributed by atoms with Crippen molar-refractivity contribution < 1.29 is 0 Å². The second-order valence-electron chi connectivity index (χ2n) is 2.90. The van der Waals surface area contributed by atoms with E-state index in [1.807, 2.05) is 6.92 Å². The van der Waals surface area contributed by atoms with E-state index in [1.165, 1.54) is 16.5 Å². The third-order valence-electron chi connectivity index (χ3n) is 2.03. The maximum atomic E-state index is 4.00. The summed E-state index contributed by atoms with van der Waals surface area (Å²) in [5.41, 5.74) is 1.06. The van der Waals surface area contributed by atoms with Crippen LogP contribution in [0.2, 0.25) is 0 Å². The van der Waals surface area contributed by atoms with E-state index in [4.69, 9.17) is 0 Å². The largest absolute Gasteiger partial charge is 0.358 e. The van der Waals surface area contributed by atoms with Crippen molar-refractivity contribution >= 4 is 16.5 Å². The Hall–Kier alpha value is -0.680. The lowest BCUT2D eigenvalue weighted by atomic mass is 10.3. The van der Waals surface area contributed by atoms with Gasteiger partial charge in [0.2, 0.25) is 0 Å². The highest BCUT2D eigenvalue weighted by atomic mass is 32.1. The molecule has 1 aliphatic heterocycles. The van der Waals surface area contributed by atoms with E-state index in [-0.39, 0.29) is 0 Å². The van der Waals surface area contributed by atoms with Crippen LogP contribution in [0.3, 0.4) is 0 Å². The van der Waals surface area contributed by atoms with Gasteiger partial charge in [0.15, 0.2) is 0 Å². The maximum Gasteiger partial charge on any atom is 0.135 e. The van der Waals surface area contributed by atoms with Gasteiger partial charge in [0.1, 0.15) is 5.00 Å². The van der Waals surface area contributed by atoms with Gasteiger partial charge < -0.3 is 10.2 Å². The molecular formula is C7H12N4S. The van der Waals surface area contributed by atoms with E-state index >= 15 is 0 Å². The van der Waals surface area contributed by atoms with Crippen LogP contribution in [-0.4, -0.2) is 35.8 Å². The number of aromatic nitrogens is 2. The summed E-state index contributed by atoms with van der Waals surface area (Å²) in [6.45, 7) is 6.30. The smallest absolute Gasteiger partial charge is 0.135 e. The van der Waals surface area contributed by atoms with Gasteiger partial charge in [-0.1, -0.05) is 4.49 Å². The monoisotopic (exact) mass is 184 g/mol. The van der Waals surface area contributed by atoms with E-state index in [1.54, 1.807) is 0 Å². The standard InChI is InChI=1S/C7H12N4S/c1-6-7(12-10-9-6)11-4-2-8-3-5-11/h8H,2-5H2,1H3. The molecule has 0 unspecified atom stereocenters. The van der Waals surface area contributed by atoms with Crippen LogP contribution in [0.1, 0.15) is 5.69 Å². The van der Waals surface area contributed by atoms with Crippen LogP contribution in [0, 0.1) is 6.92 Å². The molecule has 1 saturated heterocycles. The average molecular weight is 184 g/mol. The van der Waals surface area contributed by atoms with Crippen molar-refractivity contribution in [3.8, 4) is 0 Å². The highest BCUT2D eigenvalue weighted by Crippen LogP contribution is 2.21. The second kappa shape index (κ2) is 3.37. The number of hydrogen-bond donors (Lipinski definition) is 1. The predicted octanol–water partition coefficient (Wildman–Crippen LogP) is 0.256. The highest BCUT2D eigenvalue weighted by molar-refractivity contribution is 7.10. The third-order valence-corrected chi connectivity index (χ3v) is 2.92. The summed E-state index contributed by atoms with van der Waals surface area (Å²) in [4.78, 5) is 2.34. The number of piperazine rings is 1. The minimum Gasteiger partial charge on any atom is -0.358 e.